The van der Waals surface area contributed by atoms with Gasteiger partial charge in [-0.05, 0) is 56.4 Å². The summed E-state index contributed by atoms with van der Waals surface area (Å²) in [6.45, 7) is 3.91. The third-order valence-electron chi connectivity index (χ3n) is 7.71. The van der Waals surface area contributed by atoms with Crippen molar-refractivity contribution in [2.24, 2.45) is 0 Å². The van der Waals surface area contributed by atoms with Crippen LogP contribution in [0.25, 0.3) is 0 Å². The van der Waals surface area contributed by atoms with Crippen molar-refractivity contribution in [3.63, 3.8) is 0 Å². The normalized spacial score (nSPS) is 19.0. The quantitative estimate of drug-likeness (QED) is 0.295. The summed E-state index contributed by atoms with van der Waals surface area (Å²) in [4.78, 5) is 42.4. The standard InChI is InChI=1S/C30H47N3O5/c1-3-4-5-6-7-8-9-10-11-12-21-31-28(34)26-15-13-22-32(26)29(35)27-16-14-23-33(27)30(36)38-25-19-17-24(37-2)18-20-25/h17-20,26-27H,3-16,21-23H2,1-2H3,(H,31,34)/t26-,27-/m0/s1. The van der Waals surface area contributed by atoms with Crippen molar-refractivity contribution in [1.82, 2.24) is 15.1 Å². The van der Waals surface area contributed by atoms with Crippen LogP contribution in [-0.2, 0) is 9.59 Å². The third kappa shape index (κ3) is 8.91. The van der Waals surface area contributed by atoms with Crippen LogP contribution in [0, 0.1) is 0 Å². The Kier molecular flexibility index (Phi) is 12.7. The van der Waals surface area contributed by atoms with Gasteiger partial charge in [0.2, 0.25) is 11.8 Å². The Morgan fingerprint density at radius 3 is 1.97 bits per heavy atom. The molecule has 0 radical (unpaired) electrons. The van der Waals surface area contributed by atoms with Gasteiger partial charge in [-0.25, -0.2) is 4.79 Å². The van der Waals surface area contributed by atoms with E-state index in [1.807, 2.05) is 0 Å². The van der Waals surface area contributed by atoms with Gasteiger partial charge in [0, 0.05) is 19.6 Å². The predicted molar refractivity (Wildman–Crippen MR) is 148 cm³/mol. The molecule has 1 N–H and O–H groups in total. The number of methoxy groups -OCH3 is 1. The molecular formula is C30H47N3O5. The second-order valence-electron chi connectivity index (χ2n) is 10.6. The third-order valence-corrected chi connectivity index (χ3v) is 7.71. The number of hydrogen-bond donors (Lipinski definition) is 1. The molecule has 0 saturated carbocycles. The summed E-state index contributed by atoms with van der Waals surface area (Å²) in [5, 5.41) is 3.05. The summed E-state index contributed by atoms with van der Waals surface area (Å²) in [7, 11) is 1.57. The van der Waals surface area contributed by atoms with E-state index in [1.165, 1.54) is 56.3 Å². The molecule has 8 nitrogen and oxygen atoms in total. The fourth-order valence-corrected chi connectivity index (χ4v) is 5.48. The van der Waals surface area contributed by atoms with Crippen LogP contribution in [0.3, 0.4) is 0 Å². The maximum absolute atomic E-state index is 13.5. The molecule has 0 spiro atoms. The zero-order valence-electron chi connectivity index (χ0n) is 23.4. The lowest BCUT2D eigenvalue weighted by Gasteiger charge is -2.30. The number of amides is 3. The van der Waals surface area contributed by atoms with Crippen molar-refractivity contribution >= 4 is 17.9 Å². The molecule has 0 bridgehead atoms. The monoisotopic (exact) mass is 529 g/mol. The molecule has 1 aromatic carbocycles. The Balaban J connectivity index is 1.39. The van der Waals surface area contributed by atoms with E-state index in [1.54, 1.807) is 36.3 Å². The van der Waals surface area contributed by atoms with Crippen molar-refractivity contribution < 1.29 is 23.9 Å². The largest absolute Gasteiger partial charge is 0.497 e. The lowest BCUT2D eigenvalue weighted by molar-refractivity contribution is -0.141. The van der Waals surface area contributed by atoms with Crippen molar-refractivity contribution in [3.8, 4) is 11.5 Å². The minimum absolute atomic E-state index is 0.0721. The summed E-state index contributed by atoms with van der Waals surface area (Å²) >= 11 is 0. The summed E-state index contributed by atoms with van der Waals surface area (Å²) in [6, 6.07) is 5.73. The molecule has 8 heteroatoms. The van der Waals surface area contributed by atoms with Crippen LogP contribution in [0.5, 0.6) is 11.5 Å². The molecule has 3 amide bonds. The first-order valence-electron chi connectivity index (χ1n) is 14.8. The van der Waals surface area contributed by atoms with Crippen molar-refractivity contribution in [1.29, 1.82) is 0 Å². The zero-order valence-corrected chi connectivity index (χ0v) is 23.4. The fraction of sp³-hybridized carbons (Fsp3) is 0.700. The molecule has 1 aromatic rings. The molecule has 2 aliphatic rings. The van der Waals surface area contributed by atoms with Crippen molar-refractivity contribution in [2.45, 2.75) is 109 Å². The van der Waals surface area contributed by atoms with E-state index in [2.05, 4.69) is 12.2 Å². The second-order valence-corrected chi connectivity index (χ2v) is 10.6. The highest BCUT2D eigenvalue weighted by Crippen LogP contribution is 2.26. The van der Waals surface area contributed by atoms with Crippen LogP contribution in [0.4, 0.5) is 4.79 Å². The van der Waals surface area contributed by atoms with Crippen LogP contribution in [0.15, 0.2) is 24.3 Å². The second kappa shape index (κ2) is 16.2. The van der Waals surface area contributed by atoms with Gasteiger partial charge in [-0.2, -0.15) is 0 Å². The minimum atomic E-state index is -0.587. The molecule has 2 aliphatic heterocycles. The van der Waals surface area contributed by atoms with Gasteiger partial charge in [-0.15, -0.1) is 0 Å². The highest BCUT2D eigenvalue weighted by Gasteiger charge is 2.42. The number of nitrogens with one attached hydrogen (secondary N) is 1. The maximum Gasteiger partial charge on any atom is 0.415 e. The number of carbonyl (C=O) groups excluding carboxylic acids is 3. The van der Waals surface area contributed by atoms with E-state index >= 15 is 0 Å². The Labute approximate surface area is 228 Å². The highest BCUT2D eigenvalue weighted by atomic mass is 16.6. The van der Waals surface area contributed by atoms with E-state index in [-0.39, 0.29) is 11.8 Å². The zero-order chi connectivity index (χ0) is 27.2. The Morgan fingerprint density at radius 2 is 1.34 bits per heavy atom. The molecule has 0 aliphatic carbocycles. The number of ether oxygens (including phenoxy) is 2. The molecule has 212 valence electrons. The molecule has 0 unspecified atom stereocenters. The molecular weight excluding hydrogens is 482 g/mol. The summed E-state index contributed by atoms with van der Waals surface area (Å²) < 4.78 is 10.7. The van der Waals surface area contributed by atoms with E-state index in [0.29, 0.717) is 44.0 Å². The fourth-order valence-electron chi connectivity index (χ4n) is 5.48. The Morgan fingerprint density at radius 1 is 0.789 bits per heavy atom. The van der Waals surface area contributed by atoms with Gasteiger partial charge in [0.15, 0.2) is 0 Å². The topological polar surface area (TPSA) is 88.2 Å². The molecule has 2 fully saturated rings. The molecule has 0 aromatic heterocycles. The summed E-state index contributed by atoms with van der Waals surface area (Å²) in [5.74, 6) is 0.854. The van der Waals surface area contributed by atoms with Crippen molar-refractivity contribution in [3.05, 3.63) is 24.3 Å². The molecule has 2 atom stereocenters. The first kappa shape index (κ1) is 29.8. The number of hydrogen-bond acceptors (Lipinski definition) is 5. The number of benzene rings is 1. The number of carbonyl (C=O) groups is 3. The van der Waals surface area contributed by atoms with Gasteiger partial charge in [0.05, 0.1) is 7.11 Å². The van der Waals surface area contributed by atoms with Gasteiger partial charge in [-0.3, -0.25) is 14.5 Å². The summed E-state index contributed by atoms with van der Waals surface area (Å²) in [6.07, 6.45) is 14.8. The van der Waals surface area contributed by atoms with Crippen LogP contribution >= 0.6 is 0 Å². The minimum Gasteiger partial charge on any atom is -0.497 e. The maximum atomic E-state index is 13.5. The van der Waals surface area contributed by atoms with Crippen molar-refractivity contribution in [2.75, 3.05) is 26.7 Å². The molecule has 2 saturated heterocycles. The SMILES string of the molecule is CCCCCCCCCCCCNC(=O)[C@@H]1CCCN1C(=O)[C@@H]1CCCN1C(=O)Oc1ccc(OC)cc1. The first-order chi connectivity index (χ1) is 18.5. The molecule has 3 rings (SSSR count). The number of rotatable bonds is 15. The van der Waals surface area contributed by atoms with Crippen LogP contribution in [0.1, 0.15) is 96.8 Å². The van der Waals surface area contributed by atoms with Crippen LogP contribution < -0.4 is 14.8 Å². The van der Waals surface area contributed by atoms with Gasteiger partial charge in [-0.1, -0.05) is 64.7 Å². The van der Waals surface area contributed by atoms with Gasteiger partial charge in [0.25, 0.3) is 0 Å². The lowest BCUT2D eigenvalue weighted by atomic mass is 10.1. The van der Waals surface area contributed by atoms with E-state index in [9.17, 15) is 14.4 Å². The van der Waals surface area contributed by atoms with E-state index < -0.39 is 18.2 Å². The van der Waals surface area contributed by atoms with E-state index in [4.69, 9.17) is 9.47 Å². The average molecular weight is 530 g/mol. The van der Waals surface area contributed by atoms with Crippen LogP contribution in [-0.4, -0.2) is 66.5 Å². The highest BCUT2D eigenvalue weighted by molar-refractivity contribution is 5.92. The van der Waals surface area contributed by atoms with Gasteiger partial charge >= 0.3 is 6.09 Å². The average Bonchev–Trinajstić information content (AvgIpc) is 3.62. The number of unbranched alkanes of at least 4 members (excludes halogenated alkanes) is 9. The smallest absolute Gasteiger partial charge is 0.415 e. The molecule has 38 heavy (non-hydrogen) atoms. The van der Waals surface area contributed by atoms with Gasteiger partial charge in [0.1, 0.15) is 23.6 Å². The molecule has 2 heterocycles. The number of nitrogens with zero attached hydrogens (tertiary/aromatic N) is 2. The first-order valence-corrected chi connectivity index (χ1v) is 14.8. The van der Waals surface area contributed by atoms with E-state index in [0.717, 1.165) is 25.7 Å². The summed E-state index contributed by atoms with van der Waals surface area (Å²) in [5.41, 5.74) is 0. The Hall–Kier alpha value is -2.77. The van der Waals surface area contributed by atoms with Gasteiger partial charge < -0.3 is 19.7 Å². The lowest BCUT2D eigenvalue weighted by Crippen LogP contribution is -2.53. The van der Waals surface area contributed by atoms with Crippen LogP contribution in [0.2, 0.25) is 0 Å². The number of likely N-dealkylation sites (tertiary alicyclic amines) is 2. The Bertz CT molecular complexity index is 875. The predicted octanol–water partition coefficient (Wildman–Crippen LogP) is 5.69.